The van der Waals surface area contributed by atoms with Crippen molar-refractivity contribution < 1.29 is 9.59 Å². The lowest BCUT2D eigenvalue weighted by atomic mass is 10.2. The van der Waals surface area contributed by atoms with Crippen LogP contribution in [-0.2, 0) is 4.79 Å². The van der Waals surface area contributed by atoms with Crippen LogP contribution < -0.4 is 10.2 Å². The van der Waals surface area contributed by atoms with Gasteiger partial charge in [0, 0.05) is 39.3 Å². The molecule has 0 bridgehead atoms. The summed E-state index contributed by atoms with van der Waals surface area (Å²) in [6.45, 7) is 7.87. The lowest BCUT2D eigenvalue weighted by Gasteiger charge is -2.36. The Balaban J connectivity index is 1.81. The molecule has 0 saturated carbocycles. The van der Waals surface area contributed by atoms with Crippen LogP contribution in [0.3, 0.4) is 0 Å². The highest BCUT2D eigenvalue weighted by atomic mass is 35.5. The minimum Gasteiger partial charge on any atom is -0.367 e. The van der Waals surface area contributed by atoms with Crippen molar-refractivity contribution in [3.63, 3.8) is 0 Å². The molecule has 7 heteroatoms. The van der Waals surface area contributed by atoms with Gasteiger partial charge in [-0.2, -0.15) is 0 Å². The second-order valence-corrected chi connectivity index (χ2v) is 6.06. The molecule has 2 rings (SSSR count). The molecule has 0 spiro atoms. The van der Waals surface area contributed by atoms with Gasteiger partial charge in [-0.1, -0.05) is 23.7 Å². The van der Waals surface area contributed by atoms with Gasteiger partial charge in [-0.05, 0) is 26.0 Å². The number of nitrogens with zero attached hydrogens (tertiary/aromatic N) is 3. The Morgan fingerprint density at radius 1 is 1.12 bits per heavy atom. The summed E-state index contributed by atoms with van der Waals surface area (Å²) in [7, 11) is 0. The molecule has 0 unspecified atom stereocenters. The number of para-hydroxylation sites is 1. The van der Waals surface area contributed by atoms with Gasteiger partial charge in [-0.25, -0.2) is 4.79 Å². The van der Waals surface area contributed by atoms with E-state index in [1.54, 1.807) is 9.80 Å². The van der Waals surface area contributed by atoms with Crippen molar-refractivity contribution >= 4 is 29.2 Å². The molecular weight excluding hydrogens is 328 g/mol. The van der Waals surface area contributed by atoms with Crippen molar-refractivity contribution in [2.24, 2.45) is 0 Å². The number of hydrogen-bond donors (Lipinski definition) is 1. The molecule has 1 aromatic carbocycles. The standard InChI is InChI=1S/C17H25ClN4O2/c1-3-20(4-2)16(23)13-19-17(24)22-11-9-21(10-12-22)15-8-6-5-7-14(15)18/h5-8H,3-4,9-13H2,1-2H3,(H,19,24). The molecule has 6 nitrogen and oxygen atoms in total. The zero-order valence-corrected chi connectivity index (χ0v) is 15.1. The van der Waals surface area contributed by atoms with E-state index < -0.39 is 0 Å². The fourth-order valence-corrected chi connectivity index (χ4v) is 3.07. The van der Waals surface area contributed by atoms with E-state index in [1.165, 1.54) is 0 Å². The van der Waals surface area contributed by atoms with Crippen molar-refractivity contribution in [2.45, 2.75) is 13.8 Å². The van der Waals surface area contributed by atoms with E-state index in [0.29, 0.717) is 26.2 Å². The van der Waals surface area contributed by atoms with Gasteiger partial charge < -0.3 is 20.0 Å². The summed E-state index contributed by atoms with van der Waals surface area (Å²) in [4.78, 5) is 29.8. The van der Waals surface area contributed by atoms with Gasteiger partial charge in [-0.3, -0.25) is 4.79 Å². The summed E-state index contributed by atoms with van der Waals surface area (Å²) in [6, 6.07) is 7.53. The fourth-order valence-electron chi connectivity index (χ4n) is 2.81. The van der Waals surface area contributed by atoms with E-state index in [4.69, 9.17) is 11.6 Å². The topological polar surface area (TPSA) is 55.9 Å². The Bertz CT molecular complexity index is 569. The van der Waals surface area contributed by atoms with Crippen molar-refractivity contribution in [1.29, 1.82) is 0 Å². The third-order valence-corrected chi connectivity index (χ3v) is 4.59. The van der Waals surface area contributed by atoms with Crippen LogP contribution in [0.5, 0.6) is 0 Å². The van der Waals surface area contributed by atoms with Gasteiger partial charge in [0.05, 0.1) is 17.3 Å². The van der Waals surface area contributed by atoms with Gasteiger partial charge in [0.25, 0.3) is 0 Å². The summed E-state index contributed by atoms with van der Waals surface area (Å²) in [5.41, 5.74) is 0.996. The van der Waals surface area contributed by atoms with Crippen LogP contribution in [0, 0.1) is 0 Å². The predicted molar refractivity (Wildman–Crippen MR) is 96.6 cm³/mol. The molecule has 0 aromatic heterocycles. The minimum atomic E-state index is -0.186. The average Bonchev–Trinajstić information content (AvgIpc) is 2.61. The van der Waals surface area contributed by atoms with Crippen LogP contribution in [0.1, 0.15) is 13.8 Å². The Hall–Kier alpha value is -1.95. The number of carbonyl (C=O) groups excluding carboxylic acids is 2. The number of amides is 3. The predicted octanol–water partition coefficient (Wildman–Crippen LogP) is 2.04. The van der Waals surface area contributed by atoms with Crippen LogP contribution in [-0.4, -0.2) is 67.6 Å². The molecule has 1 aliphatic heterocycles. The summed E-state index contributed by atoms with van der Waals surface area (Å²) >= 11 is 6.22. The molecule has 24 heavy (non-hydrogen) atoms. The summed E-state index contributed by atoms with van der Waals surface area (Å²) in [5.74, 6) is -0.0527. The number of anilines is 1. The highest BCUT2D eigenvalue weighted by Gasteiger charge is 2.22. The second-order valence-electron chi connectivity index (χ2n) is 5.65. The maximum atomic E-state index is 12.2. The number of benzene rings is 1. The van der Waals surface area contributed by atoms with Gasteiger partial charge in [-0.15, -0.1) is 0 Å². The van der Waals surface area contributed by atoms with E-state index in [0.717, 1.165) is 23.8 Å². The molecule has 1 fully saturated rings. The Kier molecular flexibility index (Phi) is 6.73. The number of rotatable bonds is 5. The quantitative estimate of drug-likeness (QED) is 0.882. The van der Waals surface area contributed by atoms with Gasteiger partial charge in [0.15, 0.2) is 0 Å². The average molecular weight is 353 g/mol. The normalized spacial score (nSPS) is 14.5. The molecule has 1 heterocycles. The molecule has 132 valence electrons. The molecular formula is C17H25ClN4O2. The molecule has 0 atom stereocenters. The second kappa shape index (κ2) is 8.78. The van der Waals surface area contributed by atoms with Crippen LogP contribution in [0.25, 0.3) is 0 Å². The summed E-state index contributed by atoms with van der Waals surface area (Å²) in [6.07, 6.45) is 0. The van der Waals surface area contributed by atoms with Crippen LogP contribution in [0.2, 0.25) is 5.02 Å². The third kappa shape index (κ3) is 4.54. The number of piperazine rings is 1. The van der Waals surface area contributed by atoms with Crippen LogP contribution in [0.4, 0.5) is 10.5 Å². The highest BCUT2D eigenvalue weighted by Crippen LogP contribution is 2.25. The van der Waals surface area contributed by atoms with Gasteiger partial charge in [0.1, 0.15) is 0 Å². The Morgan fingerprint density at radius 2 is 1.75 bits per heavy atom. The first-order chi connectivity index (χ1) is 11.6. The SMILES string of the molecule is CCN(CC)C(=O)CNC(=O)N1CCN(c2ccccc2Cl)CC1. The molecule has 1 aromatic rings. The van der Waals surface area contributed by atoms with E-state index >= 15 is 0 Å². The molecule has 3 amide bonds. The number of halogens is 1. The van der Waals surface area contributed by atoms with Crippen molar-refractivity contribution in [2.75, 3.05) is 50.7 Å². The molecule has 1 aliphatic rings. The zero-order chi connectivity index (χ0) is 17.5. The number of hydrogen-bond acceptors (Lipinski definition) is 3. The van der Waals surface area contributed by atoms with Crippen LogP contribution >= 0.6 is 11.6 Å². The molecule has 1 N–H and O–H groups in total. The Labute approximate surface area is 148 Å². The third-order valence-electron chi connectivity index (χ3n) is 4.27. The van der Waals surface area contributed by atoms with E-state index in [2.05, 4.69) is 10.2 Å². The van der Waals surface area contributed by atoms with E-state index in [-0.39, 0.29) is 18.5 Å². The maximum absolute atomic E-state index is 12.2. The summed E-state index contributed by atoms with van der Waals surface area (Å²) < 4.78 is 0. The smallest absolute Gasteiger partial charge is 0.317 e. The molecule has 1 saturated heterocycles. The largest absolute Gasteiger partial charge is 0.367 e. The lowest BCUT2D eigenvalue weighted by Crippen LogP contribution is -2.53. The highest BCUT2D eigenvalue weighted by molar-refractivity contribution is 6.33. The van der Waals surface area contributed by atoms with Crippen molar-refractivity contribution in [1.82, 2.24) is 15.1 Å². The maximum Gasteiger partial charge on any atom is 0.317 e. The van der Waals surface area contributed by atoms with Crippen LogP contribution in [0.15, 0.2) is 24.3 Å². The van der Waals surface area contributed by atoms with Gasteiger partial charge >= 0.3 is 6.03 Å². The molecule has 0 aliphatic carbocycles. The molecule has 0 radical (unpaired) electrons. The number of urea groups is 1. The number of carbonyl (C=O) groups is 2. The monoisotopic (exact) mass is 352 g/mol. The van der Waals surface area contributed by atoms with E-state index in [9.17, 15) is 9.59 Å². The first kappa shape index (κ1) is 18.4. The number of nitrogens with one attached hydrogen (secondary N) is 1. The van der Waals surface area contributed by atoms with Gasteiger partial charge in [0.2, 0.25) is 5.91 Å². The summed E-state index contributed by atoms with van der Waals surface area (Å²) in [5, 5.41) is 3.44. The Morgan fingerprint density at radius 3 is 2.33 bits per heavy atom. The lowest BCUT2D eigenvalue weighted by molar-refractivity contribution is -0.129. The van der Waals surface area contributed by atoms with Crippen molar-refractivity contribution in [3.05, 3.63) is 29.3 Å². The fraction of sp³-hybridized carbons (Fsp3) is 0.529. The zero-order valence-electron chi connectivity index (χ0n) is 14.3. The first-order valence-electron chi connectivity index (χ1n) is 8.36. The van der Waals surface area contributed by atoms with E-state index in [1.807, 2.05) is 38.1 Å². The first-order valence-corrected chi connectivity index (χ1v) is 8.74. The minimum absolute atomic E-state index is 0.0469. The number of likely N-dealkylation sites (N-methyl/N-ethyl adjacent to an activating group) is 1. The van der Waals surface area contributed by atoms with Crippen molar-refractivity contribution in [3.8, 4) is 0 Å².